The Morgan fingerprint density at radius 1 is 1.04 bits per heavy atom. The van der Waals surface area contributed by atoms with Crippen molar-refractivity contribution in [2.75, 3.05) is 43.4 Å². The zero-order chi connectivity index (χ0) is 19.3. The molecule has 0 aromatic heterocycles. The van der Waals surface area contributed by atoms with Crippen molar-refractivity contribution < 1.29 is 13.2 Å². The normalized spacial score (nSPS) is 19.8. The van der Waals surface area contributed by atoms with Crippen LogP contribution in [0, 0.1) is 5.92 Å². The molecular weight excluding hydrogens is 386 g/mol. The van der Waals surface area contributed by atoms with Crippen LogP contribution >= 0.6 is 11.6 Å². The predicted molar refractivity (Wildman–Crippen MR) is 109 cm³/mol. The molecule has 2 aliphatic rings. The van der Waals surface area contributed by atoms with E-state index in [1.807, 2.05) is 24.3 Å². The maximum atomic E-state index is 12.6. The summed E-state index contributed by atoms with van der Waals surface area (Å²) in [5.41, 5.74) is 1.05. The second-order valence-electron chi connectivity index (χ2n) is 7.30. The molecule has 1 saturated heterocycles. The van der Waals surface area contributed by atoms with Crippen LogP contribution in [0.5, 0.6) is 0 Å². The molecule has 1 aromatic rings. The van der Waals surface area contributed by atoms with Crippen LogP contribution in [0.3, 0.4) is 0 Å². The van der Waals surface area contributed by atoms with Crippen molar-refractivity contribution in [2.24, 2.45) is 5.92 Å². The molecule has 150 valence electrons. The van der Waals surface area contributed by atoms with Gasteiger partial charge in [0.2, 0.25) is 15.9 Å². The van der Waals surface area contributed by atoms with Crippen molar-refractivity contribution in [3.8, 4) is 0 Å². The highest BCUT2D eigenvalue weighted by atomic mass is 35.5. The van der Waals surface area contributed by atoms with Gasteiger partial charge in [0.05, 0.1) is 5.75 Å². The van der Waals surface area contributed by atoms with Crippen LogP contribution in [0.1, 0.15) is 32.1 Å². The van der Waals surface area contributed by atoms with Crippen molar-refractivity contribution in [3.05, 3.63) is 29.3 Å². The summed E-state index contributed by atoms with van der Waals surface area (Å²) in [7, 11) is -3.35. The summed E-state index contributed by atoms with van der Waals surface area (Å²) in [5, 5.41) is 3.51. The number of amides is 1. The van der Waals surface area contributed by atoms with Gasteiger partial charge in [0.1, 0.15) is 0 Å². The zero-order valence-electron chi connectivity index (χ0n) is 15.6. The Balaban J connectivity index is 1.44. The third kappa shape index (κ3) is 5.59. The molecular formula is C19H28ClN3O3S. The van der Waals surface area contributed by atoms with Gasteiger partial charge in [-0.05, 0) is 37.1 Å². The summed E-state index contributed by atoms with van der Waals surface area (Å²) in [6.45, 7) is 2.41. The molecule has 1 heterocycles. The Labute approximate surface area is 166 Å². The number of carbonyl (C=O) groups is 1. The lowest BCUT2D eigenvalue weighted by atomic mass is 9.89. The van der Waals surface area contributed by atoms with Gasteiger partial charge in [-0.1, -0.05) is 30.9 Å². The highest BCUT2D eigenvalue weighted by Gasteiger charge is 2.27. The molecule has 0 spiro atoms. The molecule has 1 aliphatic carbocycles. The number of anilines is 1. The summed E-state index contributed by atoms with van der Waals surface area (Å²) < 4.78 is 26.7. The van der Waals surface area contributed by atoms with E-state index in [-0.39, 0.29) is 24.1 Å². The monoisotopic (exact) mass is 413 g/mol. The van der Waals surface area contributed by atoms with Gasteiger partial charge in [-0.2, -0.15) is 4.31 Å². The van der Waals surface area contributed by atoms with Crippen LogP contribution in [0.2, 0.25) is 5.02 Å². The highest BCUT2D eigenvalue weighted by Crippen LogP contribution is 2.23. The van der Waals surface area contributed by atoms with Crippen LogP contribution in [-0.2, 0) is 14.8 Å². The van der Waals surface area contributed by atoms with Crippen molar-refractivity contribution >= 4 is 33.2 Å². The second kappa shape index (κ2) is 9.26. The van der Waals surface area contributed by atoms with Gasteiger partial charge in [-0.15, -0.1) is 0 Å². The number of rotatable bonds is 6. The standard InChI is InChI=1S/C19H28ClN3O3S/c20-17-6-8-18(9-7-17)22-11-13-23(14-12-22)27(25,26)15-10-21-19(24)16-4-2-1-3-5-16/h6-9,16H,1-5,10-15H2,(H,21,24). The minimum Gasteiger partial charge on any atom is -0.369 e. The molecule has 2 fully saturated rings. The molecule has 0 bridgehead atoms. The SMILES string of the molecule is O=C(NCCS(=O)(=O)N1CCN(c2ccc(Cl)cc2)CC1)C1CCCCC1. The van der Waals surface area contributed by atoms with Gasteiger partial charge >= 0.3 is 0 Å². The van der Waals surface area contributed by atoms with Crippen LogP contribution in [0.15, 0.2) is 24.3 Å². The Bertz CT molecular complexity index is 725. The van der Waals surface area contributed by atoms with Gasteiger partial charge in [0.25, 0.3) is 0 Å². The molecule has 1 saturated carbocycles. The smallest absolute Gasteiger partial charge is 0.223 e. The minimum atomic E-state index is -3.35. The Morgan fingerprint density at radius 2 is 1.67 bits per heavy atom. The molecule has 1 aromatic carbocycles. The lowest BCUT2D eigenvalue weighted by molar-refractivity contribution is -0.125. The second-order valence-corrected chi connectivity index (χ2v) is 9.83. The molecule has 0 radical (unpaired) electrons. The van der Waals surface area contributed by atoms with Gasteiger partial charge in [-0.25, -0.2) is 8.42 Å². The maximum Gasteiger partial charge on any atom is 0.223 e. The molecule has 1 aliphatic heterocycles. The summed E-state index contributed by atoms with van der Waals surface area (Å²) >= 11 is 5.92. The summed E-state index contributed by atoms with van der Waals surface area (Å²) in [6, 6.07) is 7.59. The molecule has 8 heteroatoms. The summed E-state index contributed by atoms with van der Waals surface area (Å²) in [5.74, 6) is 0.0358. The molecule has 1 N–H and O–H groups in total. The lowest BCUT2D eigenvalue weighted by Crippen LogP contribution is -2.50. The van der Waals surface area contributed by atoms with E-state index in [0.29, 0.717) is 31.2 Å². The molecule has 0 unspecified atom stereocenters. The number of nitrogens with one attached hydrogen (secondary N) is 1. The molecule has 27 heavy (non-hydrogen) atoms. The van der Waals surface area contributed by atoms with Crippen LogP contribution in [-0.4, -0.2) is 57.1 Å². The summed E-state index contributed by atoms with van der Waals surface area (Å²) in [6.07, 6.45) is 5.22. The number of benzene rings is 1. The predicted octanol–water partition coefficient (Wildman–Crippen LogP) is 2.49. The van der Waals surface area contributed by atoms with Crippen molar-refractivity contribution in [1.29, 1.82) is 0 Å². The fourth-order valence-electron chi connectivity index (χ4n) is 3.82. The number of hydrogen-bond donors (Lipinski definition) is 1. The number of halogens is 1. The number of hydrogen-bond acceptors (Lipinski definition) is 4. The van der Waals surface area contributed by atoms with E-state index in [1.165, 1.54) is 10.7 Å². The van der Waals surface area contributed by atoms with Crippen molar-refractivity contribution in [2.45, 2.75) is 32.1 Å². The average molecular weight is 414 g/mol. The van der Waals surface area contributed by atoms with Gasteiger partial charge < -0.3 is 10.2 Å². The van der Waals surface area contributed by atoms with Crippen LogP contribution in [0.4, 0.5) is 5.69 Å². The number of nitrogens with zero attached hydrogens (tertiary/aromatic N) is 2. The first-order valence-corrected chi connectivity index (χ1v) is 11.7. The van der Waals surface area contributed by atoms with Gasteiger partial charge in [-0.3, -0.25) is 4.79 Å². The van der Waals surface area contributed by atoms with Gasteiger partial charge in [0, 0.05) is 49.4 Å². The third-order valence-electron chi connectivity index (χ3n) is 5.46. The first kappa shape index (κ1) is 20.4. The fraction of sp³-hybridized carbons (Fsp3) is 0.632. The minimum absolute atomic E-state index is 0.0115. The molecule has 6 nitrogen and oxygen atoms in total. The Hall–Kier alpha value is -1.31. The third-order valence-corrected chi connectivity index (χ3v) is 7.58. The van der Waals surface area contributed by atoms with E-state index in [1.54, 1.807) is 0 Å². The Kier molecular flexibility index (Phi) is 7.00. The average Bonchev–Trinajstić information content (AvgIpc) is 2.69. The lowest BCUT2D eigenvalue weighted by Gasteiger charge is -2.35. The molecule has 1 amide bonds. The maximum absolute atomic E-state index is 12.6. The van der Waals surface area contributed by atoms with Crippen molar-refractivity contribution in [1.82, 2.24) is 9.62 Å². The van der Waals surface area contributed by atoms with E-state index in [9.17, 15) is 13.2 Å². The largest absolute Gasteiger partial charge is 0.369 e. The van der Waals surface area contributed by atoms with E-state index >= 15 is 0 Å². The number of piperazine rings is 1. The zero-order valence-corrected chi connectivity index (χ0v) is 17.1. The quantitative estimate of drug-likeness (QED) is 0.777. The van der Waals surface area contributed by atoms with E-state index in [4.69, 9.17) is 11.6 Å². The first-order valence-electron chi connectivity index (χ1n) is 9.72. The molecule has 3 rings (SSSR count). The van der Waals surface area contributed by atoms with Gasteiger partial charge in [0.15, 0.2) is 0 Å². The van der Waals surface area contributed by atoms with Crippen LogP contribution in [0.25, 0.3) is 0 Å². The first-order chi connectivity index (χ1) is 13.0. The van der Waals surface area contributed by atoms with Crippen molar-refractivity contribution in [3.63, 3.8) is 0 Å². The molecule has 0 atom stereocenters. The summed E-state index contributed by atoms with van der Waals surface area (Å²) in [4.78, 5) is 14.3. The topological polar surface area (TPSA) is 69.7 Å². The highest BCUT2D eigenvalue weighted by molar-refractivity contribution is 7.89. The van der Waals surface area contributed by atoms with E-state index in [0.717, 1.165) is 31.4 Å². The number of sulfonamides is 1. The number of carbonyl (C=O) groups excluding carboxylic acids is 1. The fourth-order valence-corrected chi connectivity index (χ4v) is 5.28. The van der Waals surface area contributed by atoms with Crippen LogP contribution < -0.4 is 10.2 Å². The van der Waals surface area contributed by atoms with E-state index < -0.39 is 10.0 Å². The van der Waals surface area contributed by atoms with E-state index in [2.05, 4.69) is 10.2 Å². The Morgan fingerprint density at radius 3 is 2.30 bits per heavy atom.